The van der Waals surface area contributed by atoms with E-state index in [0.29, 0.717) is 24.0 Å². The summed E-state index contributed by atoms with van der Waals surface area (Å²) >= 11 is 6.04. The van der Waals surface area contributed by atoms with Gasteiger partial charge in [-0.2, -0.15) is 0 Å². The van der Waals surface area contributed by atoms with Crippen LogP contribution in [0.2, 0.25) is 5.02 Å². The molecule has 2 aromatic carbocycles. The fraction of sp³-hybridized carbons (Fsp3) is 0.188. The number of methoxy groups -OCH3 is 1. The molecule has 4 nitrogen and oxygen atoms in total. The Morgan fingerprint density at radius 3 is 2.62 bits per heavy atom. The van der Waals surface area contributed by atoms with E-state index in [2.05, 4.69) is 0 Å². The number of carbonyl (C=O) groups is 1. The SMILES string of the molecule is COc1ccc(COCc2ccccc2Cl)cc1C(=O)O. The molecule has 0 fully saturated rings. The average molecular weight is 307 g/mol. The van der Waals surface area contributed by atoms with Crippen LogP contribution >= 0.6 is 11.6 Å². The minimum Gasteiger partial charge on any atom is -0.496 e. The van der Waals surface area contributed by atoms with Crippen LogP contribution in [0.15, 0.2) is 42.5 Å². The van der Waals surface area contributed by atoms with E-state index in [1.165, 1.54) is 7.11 Å². The highest BCUT2D eigenvalue weighted by Crippen LogP contribution is 2.21. The number of ether oxygens (including phenoxy) is 2. The summed E-state index contributed by atoms with van der Waals surface area (Å²) in [7, 11) is 1.44. The Kier molecular flexibility index (Phi) is 5.20. The van der Waals surface area contributed by atoms with E-state index in [-0.39, 0.29) is 5.56 Å². The summed E-state index contributed by atoms with van der Waals surface area (Å²) in [4.78, 5) is 11.1. The molecule has 0 aliphatic rings. The number of aromatic carboxylic acids is 1. The van der Waals surface area contributed by atoms with Crippen LogP contribution in [0, 0.1) is 0 Å². The molecule has 0 bridgehead atoms. The number of carboxylic acid groups (broad SMARTS) is 1. The van der Waals surface area contributed by atoms with Gasteiger partial charge in [-0.25, -0.2) is 4.79 Å². The van der Waals surface area contributed by atoms with Crippen LogP contribution < -0.4 is 4.74 Å². The number of carboxylic acids is 1. The fourth-order valence-electron chi connectivity index (χ4n) is 1.91. The molecule has 5 heteroatoms. The van der Waals surface area contributed by atoms with Gasteiger partial charge in [-0.3, -0.25) is 0 Å². The number of rotatable bonds is 6. The molecule has 0 atom stereocenters. The van der Waals surface area contributed by atoms with Gasteiger partial charge in [0.2, 0.25) is 0 Å². The monoisotopic (exact) mass is 306 g/mol. The van der Waals surface area contributed by atoms with Crippen molar-refractivity contribution in [2.24, 2.45) is 0 Å². The summed E-state index contributed by atoms with van der Waals surface area (Å²) in [5.74, 6) is -0.697. The maximum Gasteiger partial charge on any atom is 0.339 e. The molecule has 0 aliphatic carbocycles. The van der Waals surface area contributed by atoms with Gasteiger partial charge in [0, 0.05) is 5.02 Å². The minimum absolute atomic E-state index is 0.122. The zero-order valence-corrected chi connectivity index (χ0v) is 12.3. The zero-order valence-electron chi connectivity index (χ0n) is 11.5. The first kappa shape index (κ1) is 15.4. The maximum absolute atomic E-state index is 11.1. The van der Waals surface area contributed by atoms with Gasteiger partial charge in [-0.15, -0.1) is 0 Å². The van der Waals surface area contributed by atoms with E-state index >= 15 is 0 Å². The summed E-state index contributed by atoms with van der Waals surface area (Å²) in [6.45, 7) is 0.670. The normalized spacial score (nSPS) is 10.4. The van der Waals surface area contributed by atoms with Crippen LogP contribution in [0.25, 0.3) is 0 Å². The van der Waals surface area contributed by atoms with Crippen LogP contribution in [-0.4, -0.2) is 18.2 Å². The molecule has 2 rings (SSSR count). The highest BCUT2D eigenvalue weighted by Gasteiger charge is 2.11. The summed E-state index contributed by atoms with van der Waals surface area (Å²) < 4.78 is 10.6. The molecule has 0 radical (unpaired) electrons. The zero-order chi connectivity index (χ0) is 15.2. The number of hydrogen-bond acceptors (Lipinski definition) is 3. The second-order valence-electron chi connectivity index (χ2n) is 4.42. The molecule has 0 amide bonds. The van der Waals surface area contributed by atoms with Gasteiger partial charge in [0.1, 0.15) is 11.3 Å². The molecule has 0 heterocycles. The van der Waals surface area contributed by atoms with Gasteiger partial charge in [0.15, 0.2) is 0 Å². The standard InChI is InChI=1S/C16H15ClO4/c1-20-15-7-6-11(8-13(15)16(18)19)9-21-10-12-4-2-3-5-14(12)17/h2-8H,9-10H2,1H3,(H,18,19). The van der Waals surface area contributed by atoms with Crippen molar-refractivity contribution in [1.82, 2.24) is 0 Å². The Morgan fingerprint density at radius 1 is 1.19 bits per heavy atom. The van der Waals surface area contributed by atoms with Crippen molar-refractivity contribution in [3.63, 3.8) is 0 Å². The molecule has 1 N–H and O–H groups in total. The van der Waals surface area contributed by atoms with Crippen LogP contribution in [-0.2, 0) is 18.0 Å². The van der Waals surface area contributed by atoms with E-state index in [9.17, 15) is 4.79 Å². The first-order valence-electron chi connectivity index (χ1n) is 6.33. The molecule has 0 spiro atoms. The van der Waals surface area contributed by atoms with Gasteiger partial charge >= 0.3 is 5.97 Å². The molecule has 0 aliphatic heterocycles. The Balaban J connectivity index is 2.02. The van der Waals surface area contributed by atoms with E-state index in [0.717, 1.165) is 11.1 Å². The first-order chi connectivity index (χ1) is 10.1. The molecule has 0 saturated carbocycles. The van der Waals surface area contributed by atoms with Crippen LogP contribution in [0.4, 0.5) is 0 Å². The second kappa shape index (κ2) is 7.11. The Bertz CT molecular complexity index is 640. The Labute approximate surface area is 127 Å². The third-order valence-corrected chi connectivity index (χ3v) is 3.35. The van der Waals surface area contributed by atoms with Gasteiger partial charge in [0.05, 0.1) is 20.3 Å². The summed E-state index contributed by atoms with van der Waals surface area (Å²) in [5, 5.41) is 9.77. The summed E-state index contributed by atoms with van der Waals surface area (Å²) in [6, 6.07) is 12.4. The van der Waals surface area contributed by atoms with E-state index in [1.54, 1.807) is 24.3 Å². The third-order valence-electron chi connectivity index (χ3n) is 2.98. The quantitative estimate of drug-likeness (QED) is 0.882. The van der Waals surface area contributed by atoms with E-state index in [4.69, 9.17) is 26.2 Å². The van der Waals surface area contributed by atoms with Crippen molar-refractivity contribution in [3.8, 4) is 5.75 Å². The van der Waals surface area contributed by atoms with Crippen LogP contribution in [0.5, 0.6) is 5.75 Å². The topological polar surface area (TPSA) is 55.8 Å². The van der Waals surface area contributed by atoms with E-state index < -0.39 is 5.97 Å². The molecule has 0 unspecified atom stereocenters. The molecule has 110 valence electrons. The molecular weight excluding hydrogens is 292 g/mol. The van der Waals surface area contributed by atoms with Gasteiger partial charge < -0.3 is 14.6 Å². The number of halogens is 1. The third kappa shape index (κ3) is 3.97. The van der Waals surface area contributed by atoms with Gasteiger partial charge in [0.25, 0.3) is 0 Å². The second-order valence-corrected chi connectivity index (χ2v) is 4.83. The molecule has 0 saturated heterocycles. The van der Waals surface area contributed by atoms with Gasteiger partial charge in [-0.1, -0.05) is 35.9 Å². The lowest BCUT2D eigenvalue weighted by molar-refractivity contribution is 0.0692. The predicted octanol–water partition coefficient (Wildman–Crippen LogP) is 3.76. The van der Waals surface area contributed by atoms with Gasteiger partial charge in [-0.05, 0) is 29.3 Å². The Hall–Kier alpha value is -2.04. The number of hydrogen-bond donors (Lipinski definition) is 1. The van der Waals surface area contributed by atoms with Crippen molar-refractivity contribution in [2.75, 3.05) is 7.11 Å². The highest BCUT2D eigenvalue weighted by molar-refractivity contribution is 6.31. The minimum atomic E-state index is -1.03. The summed E-state index contributed by atoms with van der Waals surface area (Å²) in [5.41, 5.74) is 1.78. The lowest BCUT2D eigenvalue weighted by Crippen LogP contribution is -2.02. The maximum atomic E-state index is 11.1. The highest BCUT2D eigenvalue weighted by atomic mass is 35.5. The smallest absolute Gasteiger partial charge is 0.339 e. The van der Waals surface area contributed by atoms with Crippen LogP contribution in [0.3, 0.4) is 0 Å². The largest absolute Gasteiger partial charge is 0.496 e. The lowest BCUT2D eigenvalue weighted by Gasteiger charge is -2.09. The first-order valence-corrected chi connectivity index (χ1v) is 6.71. The summed E-state index contributed by atoms with van der Waals surface area (Å²) in [6.07, 6.45) is 0. The molecular formula is C16H15ClO4. The lowest BCUT2D eigenvalue weighted by atomic mass is 10.1. The average Bonchev–Trinajstić information content (AvgIpc) is 2.49. The molecule has 0 aromatic heterocycles. The van der Waals surface area contributed by atoms with Crippen molar-refractivity contribution in [3.05, 3.63) is 64.2 Å². The van der Waals surface area contributed by atoms with Crippen molar-refractivity contribution in [2.45, 2.75) is 13.2 Å². The molecule has 21 heavy (non-hydrogen) atoms. The fourth-order valence-corrected chi connectivity index (χ4v) is 2.10. The molecule has 2 aromatic rings. The predicted molar refractivity (Wildman–Crippen MR) is 79.9 cm³/mol. The van der Waals surface area contributed by atoms with E-state index in [1.807, 2.05) is 18.2 Å². The van der Waals surface area contributed by atoms with Crippen molar-refractivity contribution >= 4 is 17.6 Å². The Morgan fingerprint density at radius 2 is 1.95 bits per heavy atom. The van der Waals surface area contributed by atoms with Crippen molar-refractivity contribution in [1.29, 1.82) is 0 Å². The van der Waals surface area contributed by atoms with Crippen molar-refractivity contribution < 1.29 is 19.4 Å². The number of benzene rings is 2. The van der Waals surface area contributed by atoms with Crippen LogP contribution in [0.1, 0.15) is 21.5 Å².